The molecule has 1 aromatic carbocycles. The molecule has 2 aliphatic rings. The van der Waals surface area contributed by atoms with Crippen molar-refractivity contribution >= 4 is 38.7 Å². The average molecular weight is 589 g/mol. The van der Waals surface area contributed by atoms with Crippen molar-refractivity contribution in [2.45, 2.75) is 25.6 Å². The van der Waals surface area contributed by atoms with Crippen LogP contribution in [0.5, 0.6) is 0 Å². The number of carbonyl (C=O) groups excluding carboxylic acids is 1. The summed E-state index contributed by atoms with van der Waals surface area (Å²) in [5.41, 5.74) is 5.90. The van der Waals surface area contributed by atoms with Crippen LogP contribution in [-0.4, -0.2) is 79.1 Å². The van der Waals surface area contributed by atoms with Gasteiger partial charge in [-0.05, 0) is 25.5 Å². The van der Waals surface area contributed by atoms with E-state index in [4.69, 9.17) is 17.3 Å². The van der Waals surface area contributed by atoms with E-state index in [0.717, 1.165) is 18.3 Å². The average Bonchev–Trinajstić information content (AvgIpc) is 2.87. The predicted octanol–water partition coefficient (Wildman–Crippen LogP) is 3.09. The van der Waals surface area contributed by atoms with Crippen LogP contribution >= 0.6 is 11.6 Å². The Morgan fingerprint density at radius 3 is 2.46 bits per heavy atom. The molecule has 0 saturated carbocycles. The summed E-state index contributed by atoms with van der Waals surface area (Å²) < 4.78 is 77.7. The number of anilines is 1. The fourth-order valence-electron chi connectivity index (χ4n) is 4.61. The molecule has 39 heavy (non-hydrogen) atoms. The number of aromatic nitrogens is 2. The fourth-order valence-corrected chi connectivity index (χ4v) is 6.12. The standard InChI is InChI=1S/C24H25ClF4N6O3S/c1-13-21(30)15(22(31-2)17-11-32-12-19(33-17)24(27,28)29)3-4-35(13)23(36)16-9-14(26)10-18(20(16)25)34-5-7-39(37,38)8-6-34/h9-13H,3-8,30H2,1-2H3/t13-/m0/s1. The molecule has 1 aromatic heterocycles. The molecule has 1 fully saturated rings. The van der Waals surface area contributed by atoms with Crippen molar-refractivity contribution in [2.24, 2.45) is 10.7 Å². The lowest BCUT2D eigenvalue weighted by molar-refractivity contribution is -0.141. The molecule has 0 aliphatic carbocycles. The van der Waals surface area contributed by atoms with Crippen LogP contribution in [0.15, 0.2) is 40.8 Å². The van der Waals surface area contributed by atoms with Crippen LogP contribution in [-0.2, 0) is 16.0 Å². The molecule has 3 heterocycles. The van der Waals surface area contributed by atoms with E-state index in [-0.39, 0.29) is 70.9 Å². The number of sulfone groups is 1. The Labute approximate surface area is 227 Å². The van der Waals surface area contributed by atoms with E-state index in [1.54, 1.807) is 11.8 Å². The molecule has 4 rings (SSSR count). The Morgan fingerprint density at radius 1 is 1.18 bits per heavy atom. The Bertz CT molecular complexity index is 1460. The molecule has 0 unspecified atom stereocenters. The smallest absolute Gasteiger partial charge is 0.400 e. The second kappa shape index (κ2) is 10.7. The maximum absolute atomic E-state index is 14.6. The molecular weight excluding hydrogens is 564 g/mol. The van der Waals surface area contributed by atoms with Crippen LogP contribution in [0.2, 0.25) is 5.02 Å². The summed E-state index contributed by atoms with van der Waals surface area (Å²) in [6.07, 6.45) is -2.80. The quantitative estimate of drug-likeness (QED) is 0.430. The third kappa shape index (κ3) is 5.86. The normalized spacial score (nSPS) is 20.4. The van der Waals surface area contributed by atoms with Gasteiger partial charge in [0, 0.05) is 38.0 Å². The molecule has 210 valence electrons. The molecule has 2 aromatic rings. The molecule has 0 radical (unpaired) electrons. The highest BCUT2D eigenvalue weighted by atomic mass is 35.5. The molecule has 9 nitrogen and oxygen atoms in total. The van der Waals surface area contributed by atoms with E-state index in [0.29, 0.717) is 11.8 Å². The van der Waals surface area contributed by atoms with Crippen molar-refractivity contribution in [1.29, 1.82) is 0 Å². The molecule has 1 amide bonds. The number of amides is 1. The molecule has 1 atom stereocenters. The summed E-state index contributed by atoms with van der Waals surface area (Å²) in [4.78, 5) is 27.9. The zero-order valence-electron chi connectivity index (χ0n) is 21.0. The number of rotatable bonds is 4. The highest BCUT2D eigenvalue weighted by Gasteiger charge is 2.36. The molecule has 2 aliphatic heterocycles. The number of benzene rings is 1. The monoisotopic (exact) mass is 588 g/mol. The van der Waals surface area contributed by atoms with Crippen molar-refractivity contribution in [3.63, 3.8) is 0 Å². The first-order valence-electron chi connectivity index (χ1n) is 11.8. The van der Waals surface area contributed by atoms with Gasteiger partial charge in [0.05, 0.1) is 51.9 Å². The van der Waals surface area contributed by atoms with Crippen molar-refractivity contribution in [3.05, 3.63) is 63.6 Å². The van der Waals surface area contributed by atoms with Crippen molar-refractivity contribution in [2.75, 3.05) is 43.1 Å². The summed E-state index contributed by atoms with van der Waals surface area (Å²) in [5, 5.41) is -0.0173. The number of nitrogens with zero attached hydrogens (tertiary/aromatic N) is 5. The number of hydrogen-bond acceptors (Lipinski definition) is 8. The minimum Gasteiger partial charge on any atom is -0.400 e. The van der Waals surface area contributed by atoms with Gasteiger partial charge >= 0.3 is 6.18 Å². The SMILES string of the molecule is CN=C(C1=C(N)[C@H](C)N(C(=O)c2cc(F)cc(N3CCS(=O)(=O)CC3)c2Cl)CC1)c1cncc(C(F)(F)F)n1. The molecule has 15 heteroatoms. The summed E-state index contributed by atoms with van der Waals surface area (Å²) in [5.74, 6) is -1.56. The summed E-state index contributed by atoms with van der Waals surface area (Å²) in [7, 11) is -1.81. The van der Waals surface area contributed by atoms with Crippen LogP contribution in [0.1, 0.15) is 35.1 Å². The Kier molecular flexibility index (Phi) is 7.90. The number of aliphatic imine (C=N–C) groups is 1. The van der Waals surface area contributed by atoms with Crippen LogP contribution in [0.25, 0.3) is 0 Å². The van der Waals surface area contributed by atoms with E-state index in [1.807, 2.05) is 0 Å². The third-order valence-electron chi connectivity index (χ3n) is 6.74. The first-order valence-corrected chi connectivity index (χ1v) is 14.0. The second-order valence-electron chi connectivity index (χ2n) is 9.14. The van der Waals surface area contributed by atoms with E-state index < -0.39 is 39.5 Å². The number of nitrogens with two attached hydrogens (primary N) is 1. The zero-order chi connectivity index (χ0) is 28.7. The van der Waals surface area contributed by atoms with Gasteiger partial charge in [-0.1, -0.05) is 11.6 Å². The van der Waals surface area contributed by atoms with Crippen LogP contribution in [0, 0.1) is 5.82 Å². The number of alkyl halides is 3. The van der Waals surface area contributed by atoms with Crippen molar-refractivity contribution in [3.8, 4) is 0 Å². The molecule has 0 bridgehead atoms. The lowest BCUT2D eigenvalue weighted by Crippen LogP contribution is -2.47. The summed E-state index contributed by atoms with van der Waals surface area (Å²) in [6.45, 7) is 1.93. The topological polar surface area (TPSA) is 122 Å². The highest BCUT2D eigenvalue weighted by Crippen LogP contribution is 2.34. The van der Waals surface area contributed by atoms with Gasteiger partial charge in [0.25, 0.3) is 5.91 Å². The van der Waals surface area contributed by atoms with Gasteiger partial charge in [0.1, 0.15) is 11.5 Å². The van der Waals surface area contributed by atoms with Crippen molar-refractivity contribution in [1.82, 2.24) is 14.9 Å². The minimum atomic E-state index is -4.70. The lowest BCUT2D eigenvalue weighted by Gasteiger charge is -2.36. The maximum atomic E-state index is 14.6. The Balaban J connectivity index is 1.63. The number of halogens is 5. The van der Waals surface area contributed by atoms with E-state index in [1.165, 1.54) is 11.9 Å². The number of carbonyl (C=O) groups is 1. The van der Waals surface area contributed by atoms with Gasteiger partial charge in [-0.15, -0.1) is 0 Å². The first kappa shape index (κ1) is 28.7. The predicted molar refractivity (Wildman–Crippen MR) is 138 cm³/mol. The molecule has 1 saturated heterocycles. The molecular formula is C24H25ClF4N6O3S. The van der Waals surface area contributed by atoms with E-state index in [2.05, 4.69) is 15.0 Å². The first-order chi connectivity index (χ1) is 18.2. The van der Waals surface area contributed by atoms with Gasteiger partial charge in [-0.25, -0.2) is 17.8 Å². The largest absolute Gasteiger partial charge is 0.434 e. The van der Waals surface area contributed by atoms with Gasteiger partial charge in [0.2, 0.25) is 0 Å². The van der Waals surface area contributed by atoms with Gasteiger partial charge < -0.3 is 15.5 Å². The van der Waals surface area contributed by atoms with Crippen molar-refractivity contribution < 1.29 is 30.8 Å². The highest BCUT2D eigenvalue weighted by molar-refractivity contribution is 7.91. The van der Waals surface area contributed by atoms with Crippen LogP contribution < -0.4 is 10.6 Å². The van der Waals surface area contributed by atoms with E-state index in [9.17, 15) is 30.8 Å². The summed E-state index contributed by atoms with van der Waals surface area (Å²) in [6, 6.07) is 1.43. The second-order valence-corrected chi connectivity index (χ2v) is 11.8. The van der Waals surface area contributed by atoms with Gasteiger partial charge in [0.15, 0.2) is 15.5 Å². The van der Waals surface area contributed by atoms with E-state index >= 15 is 0 Å². The lowest BCUT2D eigenvalue weighted by atomic mass is 9.93. The summed E-state index contributed by atoms with van der Waals surface area (Å²) >= 11 is 6.54. The van der Waals surface area contributed by atoms with Crippen LogP contribution in [0.4, 0.5) is 23.2 Å². The van der Waals surface area contributed by atoms with Gasteiger partial charge in [-0.3, -0.25) is 14.8 Å². The molecule has 2 N–H and O–H groups in total. The molecule has 0 spiro atoms. The number of hydrogen-bond donors (Lipinski definition) is 1. The maximum Gasteiger partial charge on any atom is 0.434 e. The van der Waals surface area contributed by atoms with Crippen LogP contribution in [0.3, 0.4) is 0 Å². The zero-order valence-corrected chi connectivity index (χ0v) is 22.5. The Morgan fingerprint density at radius 2 is 1.85 bits per heavy atom. The van der Waals surface area contributed by atoms with Gasteiger partial charge in [-0.2, -0.15) is 13.2 Å². The third-order valence-corrected chi connectivity index (χ3v) is 8.75. The minimum absolute atomic E-state index is 0.0173. The Hall–Kier alpha value is -3.26. The fraction of sp³-hybridized carbons (Fsp3) is 0.417.